The first-order chi connectivity index (χ1) is 12.0. The number of unbranched alkanes of at least 4 members (excludes halogenated alkanes) is 1. The van der Waals surface area contributed by atoms with E-state index in [1.54, 1.807) is 14.0 Å². The third kappa shape index (κ3) is 5.48. The fourth-order valence-corrected chi connectivity index (χ4v) is 3.31. The van der Waals surface area contributed by atoms with Crippen LogP contribution in [0.15, 0.2) is 24.3 Å². The zero-order valence-corrected chi connectivity index (χ0v) is 15.6. The van der Waals surface area contributed by atoms with Gasteiger partial charge in [0.15, 0.2) is 0 Å². The Balaban J connectivity index is 1.98. The zero-order chi connectivity index (χ0) is 18.2. The number of methoxy groups -OCH3 is 1. The zero-order valence-electron chi connectivity index (χ0n) is 15.6. The van der Waals surface area contributed by atoms with Gasteiger partial charge >= 0.3 is 0 Å². The van der Waals surface area contributed by atoms with Crippen molar-refractivity contribution < 1.29 is 14.3 Å². The fourth-order valence-electron chi connectivity index (χ4n) is 3.31. The Morgan fingerprint density at radius 3 is 2.40 bits per heavy atom. The smallest absolute Gasteiger partial charge is 0.223 e. The van der Waals surface area contributed by atoms with E-state index in [4.69, 9.17) is 4.74 Å². The summed E-state index contributed by atoms with van der Waals surface area (Å²) in [7, 11) is 1.65. The highest BCUT2D eigenvalue weighted by Gasteiger charge is 2.27. The number of benzene rings is 1. The van der Waals surface area contributed by atoms with Crippen molar-refractivity contribution in [3.05, 3.63) is 29.8 Å². The minimum absolute atomic E-state index is 0.00188. The molecule has 0 aliphatic carbocycles. The van der Waals surface area contributed by atoms with E-state index in [9.17, 15) is 9.59 Å². The predicted octanol–water partition coefficient (Wildman–Crippen LogP) is 3.30. The Kier molecular flexibility index (Phi) is 7.29. The first-order valence-electron chi connectivity index (χ1n) is 9.25. The molecule has 0 aromatic heterocycles. The van der Waals surface area contributed by atoms with Crippen molar-refractivity contribution in [3.63, 3.8) is 0 Å². The van der Waals surface area contributed by atoms with Gasteiger partial charge in [-0.15, -0.1) is 0 Å². The van der Waals surface area contributed by atoms with Crippen LogP contribution in [0.5, 0.6) is 5.75 Å². The highest BCUT2D eigenvalue weighted by Crippen LogP contribution is 2.24. The Morgan fingerprint density at radius 1 is 1.24 bits per heavy atom. The molecule has 1 aliphatic rings. The molecule has 1 aliphatic heterocycles. The highest BCUT2D eigenvalue weighted by molar-refractivity contribution is 5.80. The number of rotatable bonds is 7. The van der Waals surface area contributed by atoms with Crippen LogP contribution in [0, 0.1) is 5.92 Å². The third-order valence-electron chi connectivity index (χ3n) is 4.99. The summed E-state index contributed by atoms with van der Waals surface area (Å²) in [5, 5.41) is 3.24. The number of hydrogen-bond acceptors (Lipinski definition) is 3. The minimum Gasteiger partial charge on any atom is -0.497 e. The molecule has 2 rings (SSSR count). The number of piperidine rings is 1. The number of likely N-dealkylation sites (tertiary alicyclic amines) is 1. The van der Waals surface area contributed by atoms with Crippen molar-refractivity contribution in [2.45, 2.75) is 52.0 Å². The Hall–Kier alpha value is -2.04. The third-order valence-corrected chi connectivity index (χ3v) is 4.99. The van der Waals surface area contributed by atoms with Crippen molar-refractivity contribution in [2.75, 3.05) is 20.2 Å². The quantitative estimate of drug-likeness (QED) is 0.824. The molecule has 5 nitrogen and oxygen atoms in total. The minimum atomic E-state index is -0.00188. The van der Waals surface area contributed by atoms with E-state index in [-0.39, 0.29) is 23.8 Å². The fraction of sp³-hybridized carbons (Fsp3) is 0.600. The van der Waals surface area contributed by atoms with E-state index in [2.05, 4.69) is 12.2 Å². The van der Waals surface area contributed by atoms with E-state index < -0.39 is 0 Å². The van der Waals surface area contributed by atoms with Crippen LogP contribution < -0.4 is 10.1 Å². The SMILES string of the molecule is CCCC[C@H](NC(=O)C1CCN(C(C)=O)CC1)c1ccc(OC)cc1. The van der Waals surface area contributed by atoms with Crippen molar-refractivity contribution in [1.82, 2.24) is 10.2 Å². The van der Waals surface area contributed by atoms with Gasteiger partial charge in [0.2, 0.25) is 11.8 Å². The van der Waals surface area contributed by atoms with Crippen molar-refractivity contribution in [2.24, 2.45) is 5.92 Å². The maximum atomic E-state index is 12.7. The first kappa shape index (κ1) is 19.3. The average Bonchev–Trinajstić information content (AvgIpc) is 2.65. The van der Waals surface area contributed by atoms with Crippen molar-refractivity contribution in [3.8, 4) is 5.75 Å². The van der Waals surface area contributed by atoms with Crippen LogP contribution in [0.2, 0.25) is 0 Å². The molecule has 1 aromatic rings. The molecule has 0 bridgehead atoms. The molecule has 0 radical (unpaired) electrons. The summed E-state index contributed by atoms with van der Waals surface area (Å²) in [4.78, 5) is 26.0. The van der Waals surface area contributed by atoms with Crippen molar-refractivity contribution >= 4 is 11.8 Å². The average molecular weight is 346 g/mol. The molecule has 1 fully saturated rings. The Morgan fingerprint density at radius 2 is 1.88 bits per heavy atom. The standard InChI is InChI=1S/C20H30N2O3/c1-4-5-6-19(16-7-9-18(25-3)10-8-16)21-20(24)17-11-13-22(14-12-17)15(2)23/h7-10,17,19H,4-6,11-14H2,1-3H3,(H,21,24)/t19-/m0/s1. The maximum Gasteiger partial charge on any atom is 0.223 e. The van der Waals surface area contributed by atoms with Gasteiger partial charge in [0.25, 0.3) is 0 Å². The van der Waals surface area contributed by atoms with Gasteiger partial charge in [-0.1, -0.05) is 31.9 Å². The van der Waals surface area contributed by atoms with E-state index in [0.29, 0.717) is 13.1 Å². The molecule has 2 amide bonds. The summed E-state index contributed by atoms with van der Waals surface area (Å²) >= 11 is 0. The number of amides is 2. The van der Waals surface area contributed by atoms with E-state index in [0.717, 1.165) is 43.4 Å². The molecule has 0 saturated carbocycles. The molecule has 5 heteroatoms. The Labute approximate surface area is 150 Å². The van der Waals surface area contributed by atoms with Gasteiger partial charge in [0, 0.05) is 25.9 Å². The molecular weight excluding hydrogens is 316 g/mol. The van der Waals surface area contributed by atoms with Gasteiger partial charge < -0.3 is 15.0 Å². The largest absolute Gasteiger partial charge is 0.497 e. The molecule has 0 unspecified atom stereocenters. The lowest BCUT2D eigenvalue weighted by Gasteiger charge is -2.31. The number of nitrogens with one attached hydrogen (secondary N) is 1. The maximum absolute atomic E-state index is 12.7. The molecule has 1 saturated heterocycles. The van der Waals surface area contributed by atoms with Crippen LogP contribution in [-0.2, 0) is 9.59 Å². The summed E-state index contributed by atoms with van der Waals surface area (Å²) in [6.07, 6.45) is 4.59. The lowest BCUT2D eigenvalue weighted by atomic mass is 9.94. The van der Waals surface area contributed by atoms with Crippen LogP contribution in [-0.4, -0.2) is 36.9 Å². The molecule has 1 N–H and O–H groups in total. The molecule has 0 spiro atoms. The summed E-state index contributed by atoms with van der Waals surface area (Å²) in [5.41, 5.74) is 1.11. The lowest BCUT2D eigenvalue weighted by Crippen LogP contribution is -2.43. The van der Waals surface area contributed by atoms with E-state index in [1.807, 2.05) is 29.2 Å². The molecular formula is C20H30N2O3. The second kappa shape index (κ2) is 9.44. The van der Waals surface area contributed by atoms with Gasteiger partial charge in [-0.05, 0) is 37.0 Å². The summed E-state index contributed by atoms with van der Waals surface area (Å²) in [6, 6.07) is 7.96. The lowest BCUT2D eigenvalue weighted by molar-refractivity contribution is -0.134. The molecule has 25 heavy (non-hydrogen) atoms. The van der Waals surface area contributed by atoms with E-state index >= 15 is 0 Å². The number of carbonyl (C=O) groups excluding carboxylic acids is 2. The van der Waals surface area contributed by atoms with Gasteiger partial charge in [-0.25, -0.2) is 0 Å². The highest BCUT2D eigenvalue weighted by atomic mass is 16.5. The van der Waals surface area contributed by atoms with Gasteiger partial charge in [0.1, 0.15) is 5.75 Å². The van der Waals surface area contributed by atoms with Crippen LogP contribution in [0.4, 0.5) is 0 Å². The second-order valence-electron chi connectivity index (χ2n) is 6.76. The second-order valence-corrected chi connectivity index (χ2v) is 6.76. The van der Waals surface area contributed by atoms with Gasteiger partial charge in [0.05, 0.1) is 13.2 Å². The first-order valence-corrected chi connectivity index (χ1v) is 9.25. The number of carbonyl (C=O) groups is 2. The van der Waals surface area contributed by atoms with E-state index in [1.165, 1.54) is 0 Å². The normalized spacial score (nSPS) is 16.4. The van der Waals surface area contributed by atoms with Gasteiger partial charge in [-0.3, -0.25) is 9.59 Å². The van der Waals surface area contributed by atoms with Crippen LogP contribution in [0.25, 0.3) is 0 Å². The molecule has 1 atom stereocenters. The summed E-state index contributed by atoms with van der Waals surface area (Å²) < 4.78 is 5.22. The van der Waals surface area contributed by atoms with Crippen LogP contribution in [0.1, 0.15) is 57.6 Å². The number of hydrogen-bond donors (Lipinski definition) is 1. The topological polar surface area (TPSA) is 58.6 Å². The van der Waals surface area contributed by atoms with Gasteiger partial charge in [-0.2, -0.15) is 0 Å². The molecule has 1 aromatic carbocycles. The Bertz CT molecular complexity index is 563. The monoisotopic (exact) mass is 346 g/mol. The molecule has 1 heterocycles. The van der Waals surface area contributed by atoms with Crippen LogP contribution in [0.3, 0.4) is 0 Å². The number of nitrogens with zero attached hydrogens (tertiary/aromatic N) is 1. The molecule has 138 valence electrons. The summed E-state index contributed by atoms with van der Waals surface area (Å²) in [5.74, 6) is 1.02. The number of ether oxygens (including phenoxy) is 1. The van der Waals surface area contributed by atoms with Crippen molar-refractivity contribution in [1.29, 1.82) is 0 Å². The predicted molar refractivity (Wildman–Crippen MR) is 98.4 cm³/mol. The van der Waals surface area contributed by atoms with Crippen LogP contribution >= 0.6 is 0 Å². The summed E-state index contributed by atoms with van der Waals surface area (Å²) in [6.45, 7) is 5.10.